The van der Waals surface area contributed by atoms with Crippen LogP contribution in [0, 0.1) is 0 Å². The van der Waals surface area contributed by atoms with E-state index in [0.29, 0.717) is 12.6 Å². The first-order valence-electron chi connectivity index (χ1n) is 7.43. The van der Waals surface area contributed by atoms with E-state index in [4.69, 9.17) is 0 Å². The van der Waals surface area contributed by atoms with E-state index >= 15 is 0 Å². The molecule has 0 saturated heterocycles. The van der Waals surface area contributed by atoms with E-state index in [0.717, 1.165) is 17.3 Å². The number of hydrogen-bond donors (Lipinski definition) is 2. The lowest BCUT2D eigenvalue weighted by Gasteiger charge is -2.23. The predicted octanol–water partition coefficient (Wildman–Crippen LogP) is 3.55. The van der Waals surface area contributed by atoms with Gasteiger partial charge in [-0.05, 0) is 37.5 Å². The van der Waals surface area contributed by atoms with Gasteiger partial charge >= 0.3 is 0 Å². The Morgan fingerprint density at radius 3 is 2.55 bits per heavy atom. The third-order valence-electron chi connectivity index (χ3n) is 3.91. The fourth-order valence-corrected chi connectivity index (χ4v) is 2.91. The molecule has 2 rings (SSSR count). The third-order valence-corrected chi connectivity index (χ3v) is 4.44. The van der Waals surface area contributed by atoms with Crippen LogP contribution in [0.1, 0.15) is 50.6 Å². The van der Waals surface area contributed by atoms with Gasteiger partial charge in [-0.1, -0.05) is 47.3 Å². The molecule has 0 bridgehead atoms. The molecule has 1 amide bonds. The first-order chi connectivity index (χ1) is 9.65. The van der Waals surface area contributed by atoms with Crippen molar-refractivity contribution in [2.75, 3.05) is 6.54 Å². The molecule has 0 aliphatic heterocycles. The number of amides is 1. The molecule has 0 spiro atoms. The second-order valence-corrected chi connectivity index (χ2v) is 6.47. The number of carbonyl (C=O) groups excluding carboxylic acids is 1. The summed E-state index contributed by atoms with van der Waals surface area (Å²) in [5, 5.41) is 6.41. The molecular formula is C16H23BrN2O. The monoisotopic (exact) mass is 338 g/mol. The average Bonchev–Trinajstić information content (AvgIpc) is 2.46. The Kier molecular flexibility index (Phi) is 6.05. The molecule has 1 aliphatic rings. The van der Waals surface area contributed by atoms with E-state index in [-0.39, 0.29) is 11.9 Å². The summed E-state index contributed by atoms with van der Waals surface area (Å²) in [5.74, 6) is 0.112. The van der Waals surface area contributed by atoms with Crippen LogP contribution in [0.2, 0.25) is 0 Å². The molecule has 20 heavy (non-hydrogen) atoms. The van der Waals surface area contributed by atoms with Crippen LogP contribution in [-0.2, 0) is 4.79 Å². The summed E-state index contributed by atoms with van der Waals surface area (Å²) < 4.78 is 1.07. The normalized spacial score (nSPS) is 17.7. The molecule has 1 aromatic carbocycles. The fraction of sp³-hybridized carbons (Fsp3) is 0.562. The molecule has 110 valence electrons. The van der Waals surface area contributed by atoms with Crippen molar-refractivity contribution in [3.05, 3.63) is 34.3 Å². The quantitative estimate of drug-likeness (QED) is 0.861. The zero-order valence-electron chi connectivity index (χ0n) is 12.0. The number of carbonyl (C=O) groups is 1. The maximum absolute atomic E-state index is 11.9. The summed E-state index contributed by atoms with van der Waals surface area (Å²) in [6.07, 6.45) is 6.06. The lowest BCUT2D eigenvalue weighted by Crippen LogP contribution is -2.41. The molecule has 1 atom stereocenters. The Bertz CT molecular complexity index is 427. The van der Waals surface area contributed by atoms with Crippen LogP contribution in [0.15, 0.2) is 28.7 Å². The van der Waals surface area contributed by atoms with Gasteiger partial charge in [-0.3, -0.25) is 4.79 Å². The second kappa shape index (κ2) is 7.79. The predicted molar refractivity (Wildman–Crippen MR) is 85.6 cm³/mol. The van der Waals surface area contributed by atoms with Crippen molar-refractivity contribution >= 4 is 21.8 Å². The van der Waals surface area contributed by atoms with Crippen LogP contribution >= 0.6 is 15.9 Å². The highest BCUT2D eigenvalue weighted by Gasteiger charge is 2.16. The van der Waals surface area contributed by atoms with Gasteiger partial charge in [0, 0.05) is 16.6 Å². The van der Waals surface area contributed by atoms with E-state index in [2.05, 4.69) is 45.6 Å². The summed E-state index contributed by atoms with van der Waals surface area (Å²) in [6.45, 7) is 2.46. The van der Waals surface area contributed by atoms with Gasteiger partial charge in [-0.2, -0.15) is 0 Å². The highest BCUT2D eigenvalue weighted by Crippen LogP contribution is 2.18. The molecule has 1 saturated carbocycles. The minimum atomic E-state index is 0.112. The van der Waals surface area contributed by atoms with Crippen molar-refractivity contribution in [1.82, 2.24) is 10.6 Å². The van der Waals surface area contributed by atoms with Crippen LogP contribution < -0.4 is 10.6 Å². The zero-order chi connectivity index (χ0) is 14.4. The molecule has 0 aromatic heterocycles. The van der Waals surface area contributed by atoms with E-state index in [9.17, 15) is 4.79 Å². The van der Waals surface area contributed by atoms with Crippen molar-refractivity contribution in [3.63, 3.8) is 0 Å². The maximum Gasteiger partial charge on any atom is 0.234 e. The van der Waals surface area contributed by atoms with Gasteiger partial charge in [0.05, 0.1) is 6.54 Å². The van der Waals surface area contributed by atoms with Gasteiger partial charge < -0.3 is 10.6 Å². The molecule has 0 radical (unpaired) electrons. The summed E-state index contributed by atoms with van der Waals surface area (Å²) in [7, 11) is 0. The van der Waals surface area contributed by atoms with Crippen LogP contribution in [0.5, 0.6) is 0 Å². The number of benzene rings is 1. The van der Waals surface area contributed by atoms with E-state index in [1.807, 2.05) is 12.1 Å². The summed E-state index contributed by atoms with van der Waals surface area (Å²) in [6, 6.07) is 8.76. The zero-order valence-corrected chi connectivity index (χ0v) is 13.6. The van der Waals surface area contributed by atoms with Gasteiger partial charge in [0.25, 0.3) is 0 Å². The molecular weight excluding hydrogens is 316 g/mol. The molecule has 2 N–H and O–H groups in total. The molecule has 0 unspecified atom stereocenters. The summed E-state index contributed by atoms with van der Waals surface area (Å²) in [4.78, 5) is 11.9. The number of halogens is 1. The highest BCUT2D eigenvalue weighted by molar-refractivity contribution is 9.10. The molecule has 1 fully saturated rings. The minimum Gasteiger partial charge on any atom is -0.352 e. The molecule has 1 aliphatic carbocycles. The Morgan fingerprint density at radius 2 is 1.90 bits per heavy atom. The van der Waals surface area contributed by atoms with E-state index in [1.165, 1.54) is 24.8 Å². The van der Waals surface area contributed by atoms with Crippen molar-refractivity contribution in [2.24, 2.45) is 0 Å². The van der Waals surface area contributed by atoms with Crippen molar-refractivity contribution in [3.8, 4) is 0 Å². The van der Waals surface area contributed by atoms with Gasteiger partial charge in [-0.25, -0.2) is 0 Å². The summed E-state index contributed by atoms with van der Waals surface area (Å²) in [5.41, 5.74) is 1.19. The minimum absolute atomic E-state index is 0.112. The van der Waals surface area contributed by atoms with Crippen molar-refractivity contribution in [2.45, 2.75) is 51.1 Å². The smallest absolute Gasteiger partial charge is 0.234 e. The number of hydrogen-bond acceptors (Lipinski definition) is 2. The standard InChI is InChI=1S/C16H23BrN2O/c1-12(13-7-9-14(17)10-8-13)18-11-16(20)19-15-5-3-2-4-6-15/h7-10,12,15,18H,2-6,11H2,1H3,(H,19,20)/t12-/m1/s1. The Balaban J connectivity index is 1.73. The fourth-order valence-electron chi connectivity index (χ4n) is 2.64. The second-order valence-electron chi connectivity index (χ2n) is 5.56. The maximum atomic E-state index is 11.9. The van der Waals surface area contributed by atoms with Crippen LogP contribution in [-0.4, -0.2) is 18.5 Å². The molecule has 3 nitrogen and oxygen atoms in total. The third kappa shape index (κ3) is 4.91. The lowest BCUT2D eigenvalue weighted by molar-refractivity contribution is -0.121. The Hall–Kier alpha value is -0.870. The van der Waals surface area contributed by atoms with Crippen LogP contribution in [0.4, 0.5) is 0 Å². The Morgan fingerprint density at radius 1 is 1.25 bits per heavy atom. The molecule has 1 aromatic rings. The Labute approximate surface area is 129 Å². The lowest BCUT2D eigenvalue weighted by atomic mass is 9.95. The summed E-state index contributed by atoms with van der Waals surface area (Å²) >= 11 is 3.43. The first kappa shape index (κ1) is 15.5. The highest BCUT2D eigenvalue weighted by atomic mass is 79.9. The van der Waals surface area contributed by atoms with Crippen LogP contribution in [0.3, 0.4) is 0 Å². The SMILES string of the molecule is C[C@@H](NCC(=O)NC1CCCCC1)c1ccc(Br)cc1. The number of rotatable bonds is 5. The van der Waals surface area contributed by atoms with Crippen LogP contribution in [0.25, 0.3) is 0 Å². The molecule has 0 heterocycles. The van der Waals surface area contributed by atoms with Crippen molar-refractivity contribution < 1.29 is 4.79 Å². The van der Waals surface area contributed by atoms with Crippen molar-refractivity contribution in [1.29, 1.82) is 0 Å². The first-order valence-corrected chi connectivity index (χ1v) is 8.22. The van der Waals surface area contributed by atoms with Gasteiger partial charge in [0.2, 0.25) is 5.91 Å². The van der Waals surface area contributed by atoms with Gasteiger partial charge in [0.15, 0.2) is 0 Å². The van der Waals surface area contributed by atoms with E-state index < -0.39 is 0 Å². The number of nitrogens with one attached hydrogen (secondary N) is 2. The van der Waals surface area contributed by atoms with Gasteiger partial charge in [0.1, 0.15) is 0 Å². The van der Waals surface area contributed by atoms with Gasteiger partial charge in [-0.15, -0.1) is 0 Å². The molecule has 4 heteroatoms. The van der Waals surface area contributed by atoms with E-state index in [1.54, 1.807) is 0 Å². The average molecular weight is 339 g/mol. The topological polar surface area (TPSA) is 41.1 Å². The largest absolute Gasteiger partial charge is 0.352 e.